The summed E-state index contributed by atoms with van der Waals surface area (Å²) in [5, 5.41) is 14.1. The summed E-state index contributed by atoms with van der Waals surface area (Å²) in [6, 6.07) is 5.10. The van der Waals surface area contributed by atoms with Gasteiger partial charge in [-0.25, -0.2) is 0 Å². The van der Waals surface area contributed by atoms with E-state index in [9.17, 15) is 10.1 Å². The zero-order chi connectivity index (χ0) is 12.6. The van der Waals surface area contributed by atoms with Gasteiger partial charge in [0, 0.05) is 30.3 Å². The van der Waals surface area contributed by atoms with Crippen molar-refractivity contribution in [3.8, 4) is 0 Å². The number of anilines is 1. The molecule has 1 aliphatic rings. The zero-order valence-corrected chi connectivity index (χ0v) is 10.5. The van der Waals surface area contributed by atoms with E-state index in [4.69, 9.17) is 0 Å². The third-order valence-corrected chi connectivity index (χ3v) is 3.97. The van der Waals surface area contributed by atoms with Gasteiger partial charge in [0.15, 0.2) is 0 Å². The third-order valence-electron chi connectivity index (χ3n) is 3.97. The Balaban J connectivity index is 2.42. The number of nitro groups is 1. The average molecular weight is 234 g/mol. The molecular weight excluding hydrogens is 216 g/mol. The number of non-ortho nitro benzene ring substituents is 1. The number of nitrogens with one attached hydrogen (secondary N) is 1. The highest BCUT2D eigenvalue weighted by atomic mass is 16.6. The third kappa shape index (κ3) is 1.99. The van der Waals surface area contributed by atoms with Crippen LogP contribution >= 0.6 is 0 Å². The van der Waals surface area contributed by atoms with E-state index in [0.29, 0.717) is 5.92 Å². The molecule has 1 N–H and O–H groups in total. The van der Waals surface area contributed by atoms with Gasteiger partial charge in [-0.2, -0.15) is 0 Å². The van der Waals surface area contributed by atoms with Crippen molar-refractivity contribution >= 4 is 11.4 Å². The highest BCUT2D eigenvalue weighted by molar-refractivity contribution is 5.62. The largest absolute Gasteiger partial charge is 0.384 e. The molecular formula is C13H18N2O2. The van der Waals surface area contributed by atoms with Crippen molar-refractivity contribution in [3.05, 3.63) is 33.9 Å². The van der Waals surface area contributed by atoms with Crippen LogP contribution in [-0.4, -0.2) is 11.5 Å². The number of hydrogen-bond acceptors (Lipinski definition) is 3. The van der Waals surface area contributed by atoms with E-state index < -0.39 is 0 Å². The first kappa shape index (κ1) is 11.9. The quantitative estimate of drug-likeness (QED) is 0.642. The molecule has 0 aromatic heterocycles. The molecule has 0 saturated carbocycles. The summed E-state index contributed by atoms with van der Waals surface area (Å²) in [6.07, 6.45) is 1.06. The molecule has 17 heavy (non-hydrogen) atoms. The lowest BCUT2D eigenvalue weighted by Gasteiger charge is -2.30. The van der Waals surface area contributed by atoms with Gasteiger partial charge in [0.2, 0.25) is 0 Å². The highest BCUT2D eigenvalue weighted by Crippen LogP contribution is 2.45. The van der Waals surface area contributed by atoms with Crippen LogP contribution in [0.3, 0.4) is 0 Å². The van der Waals surface area contributed by atoms with Crippen LogP contribution < -0.4 is 5.32 Å². The Morgan fingerprint density at radius 3 is 2.82 bits per heavy atom. The van der Waals surface area contributed by atoms with E-state index in [1.807, 2.05) is 6.07 Å². The lowest BCUT2D eigenvalue weighted by molar-refractivity contribution is -0.384. The van der Waals surface area contributed by atoms with Gasteiger partial charge in [0.05, 0.1) is 4.92 Å². The van der Waals surface area contributed by atoms with Crippen LogP contribution in [0.4, 0.5) is 11.4 Å². The minimum Gasteiger partial charge on any atom is -0.384 e. The van der Waals surface area contributed by atoms with E-state index in [1.165, 1.54) is 0 Å². The summed E-state index contributed by atoms with van der Waals surface area (Å²) in [5.41, 5.74) is 2.48. The summed E-state index contributed by atoms with van der Waals surface area (Å²) in [6.45, 7) is 7.47. The molecule has 4 nitrogen and oxygen atoms in total. The Morgan fingerprint density at radius 1 is 1.53 bits per heavy atom. The first-order chi connectivity index (χ1) is 7.95. The van der Waals surface area contributed by atoms with Gasteiger partial charge in [-0.05, 0) is 17.0 Å². The minimum absolute atomic E-state index is 0.160. The summed E-state index contributed by atoms with van der Waals surface area (Å²) in [5.74, 6) is 0.349. The Morgan fingerprint density at radius 2 is 2.24 bits per heavy atom. The van der Waals surface area contributed by atoms with E-state index >= 15 is 0 Å². The van der Waals surface area contributed by atoms with E-state index in [1.54, 1.807) is 12.1 Å². The molecule has 1 aliphatic heterocycles. The molecule has 1 aromatic carbocycles. The smallest absolute Gasteiger partial charge is 0.269 e. The second kappa shape index (κ2) is 4.02. The van der Waals surface area contributed by atoms with Crippen LogP contribution in [0.25, 0.3) is 0 Å². The summed E-state index contributed by atoms with van der Waals surface area (Å²) in [4.78, 5) is 10.5. The van der Waals surface area contributed by atoms with Crippen molar-refractivity contribution in [2.24, 2.45) is 5.41 Å². The van der Waals surface area contributed by atoms with Crippen LogP contribution in [0.5, 0.6) is 0 Å². The average Bonchev–Trinajstić information content (AvgIpc) is 2.72. The van der Waals surface area contributed by atoms with Crippen LogP contribution in [0, 0.1) is 15.5 Å². The maximum absolute atomic E-state index is 10.8. The monoisotopic (exact) mass is 234 g/mol. The number of nitrogens with zero attached hydrogens (tertiary/aromatic N) is 1. The van der Waals surface area contributed by atoms with Gasteiger partial charge in [0.25, 0.3) is 5.69 Å². The molecule has 0 fully saturated rings. The standard InChI is InChI=1S/C13H18N2O2/c1-4-13(2,3)11-8-14-12-6-5-9(15(16)17)7-10(11)12/h5-7,11,14H,4,8H2,1-3H3. The molecule has 4 heteroatoms. The van der Waals surface area contributed by atoms with E-state index in [2.05, 4.69) is 26.1 Å². The Bertz CT molecular complexity index is 455. The minimum atomic E-state index is -0.325. The predicted octanol–water partition coefficient (Wildman–Crippen LogP) is 3.54. The van der Waals surface area contributed by atoms with Gasteiger partial charge >= 0.3 is 0 Å². The number of benzene rings is 1. The first-order valence-electron chi connectivity index (χ1n) is 5.98. The number of rotatable bonds is 3. The molecule has 0 aliphatic carbocycles. The van der Waals surface area contributed by atoms with Gasteiger partial charge < -0.3 is 5.32 Å². The fourth-order valence-electron chi connectivity index (χ4n) is 2.38. The first-order valence-corrected chi connectivity index (χ1v) is 5.98. The molecule has 92 valence electrons. The number of fused-ring (bicyclic) bond motifs is 1. The van der Waals surface area contributed by atoms with Crippen molar-refractivity contribution in [3.63, 3.8) is 0 Å². The fraction of sp³-hybridized carbons (Fsp3) is 0.538. The number of hydrogen-bond donors (Lipinski definition) is 1. The van der Waals surface area contributed by atoms with Gasteiger partial charge in [-0.1, -0.05) is 27.2 Å². The summed E-state index contributed by atoms with van der Waals surface area (Å²) >= 11 is 0. The molecule has 0 radical (unpaired) electrons. The molecule has 2 rings (SSSR count). The Hall–Kier alpha value is -1.58. The van der Waals surface area contributed by atoms with Crippen molar-refractivity contribution in [2.75, 3.05) is 11.9 Å². The second-order valence-corrected chi connectivity index (χ2v) is 5.30. The van der Waals surface area contributed by atoms with Gasteiger partial charge in [-0.15, -0.1) is 0 Å². The highest BCUT2D eigenvalue weighted by Gasteiger charge is 2.35. The molecule has 1 heterocycles. The maximum atomic E-state index is 10.8. The topological polar surface area (TPSA) is 55.2 Å². The Labute approximate surface area is 101 Å². The maximum Gasteiger partial charge on any atom is 0.269 e. The summed E-state index contributed by atoms with van der Waals surface area (Å²) in [7, 11) is 0. The van der Waals surface area contributed by atoms with Crippen LogP contribution in [0.15, 0.2) is 18.2 Å². The zero-order valence-electron chi connectivity index (χ0n) is 10.5. The molecule has 0 bridgehead atoms. The van der Waals surface area contributed by atoms with Gasteiger partial charge in [0.1, 0.15) is 0 Å². The SMILES string of the molecule is CCC(C)(C)C1CNc2ccc([N+](=O)[O-])cc21. The second-order valence-electron chi connectivity index (χ2n) is 5.30. The van der Waals surface area contributed by atoms with Gasteiger partial charge in [-0.3, -0.25) is 10.1 Å². The normalized spacial score (nSPS) is 18.6. The van der Waals surface area contributed by atoms with Crippen molar-refractivity contribution in [1.29, 1.82) is 0 Å². The predicted molar refractivity (Wildman–Crippen MR) is 68.4 cm³/mol. The number of nitro benzene ring substituents is 1. The molecule has 0 amide bonds. The van der Waals surface area contributed by atoms with Crippen LogP contribution in [0.1, 0.15) is 38.7 Å². The van der Waals surface area contributed by atoms with Crippen molar-refractivity contribution in [2.45, 2.75) is 33.1 Å². The fourth-order valence-corrected chi connectivity index (χ4v) is 2.38. The molecule has 1 unspecified atom stereocenters. The van der Waals surface area contributed by atoms with E-state index in [0.717, 1.165) is 24.2 Å². The lowest BCUT2D eigenvalue weighted by atomic mass is 9.74. The molecule has 1 aromatic rings. The van der Waals surface area contributed by atoms with Crippen molar-refractivity contribution < 1.29 is 4.92 Å². The van der Waals surface area contributed by atoms with Crippen LogP contribution in [0.2, 0.25) is 0 Å². The van der Waals surface area contributed by atoms with Crippen molar-refractivity contribution in [1.82, 2.24) is 0 Å². The molecule has 0 saturated heterocycles. The van der Waals surface area contributed by atoms with Crippen LogP contribution in [-0.2, 0) is 0 Å². The lowest BCUT2D eigenvalue weighted by Crippen LogP contribution is -2.22. The Kier molecular flexibility index (Phi) is 2.81. The molecule has 1 atom stereocenters. The summed E-state index contributed by atoms with van der Waals surface area (Å²) < 4.78 is 0. The van der Waals surface area contributed by atoms with E-state index in [-0.39, 0.29) is 16.0 Å². The molecule has 0 spiro atoms.